The Morgan fingerprint density at radius 3 is 2.50 bits per heavy atom. The number of hydrogen-bond acceptors (Lipinski definition) is 3. The average molecular weight is 298 g/mol. The highest BCUT2D eigenvalue weighted by molar-refractivity contribution is 5.96. The number of piperidine rings is 1. The first-order valence-electron chi connectivity index (χ1n) is 6.45. The minimum Gasteiger partial charge on any atom is -0.481 e. The van der Waals surface area contributed by atoms with E-state index in [1.54, 1.807) is 0 Å². The molecule has 0 amide bonds. The third-order valence-electron chi connectivity index (χ3n) is 3.64. The summed E-state index contributed by atoms with van der Waals surface area (Å²) >= 11 is 0. The maximum Gasteiger partial charge on any atom is 0.306 e. The number of nitrogens with zero attached hydrogens (tertiary/aromatic N) is 1. The summed E-state index contributed by atoms with van der Waals surface area (Å²) in [6, 6.07) is 7.63. The first kappa shape index (κ1) is 16.5. The Bertz CT molecular complexity index is 485. The second-order valence-corrected chi connectivity index (χ2v) is 4.96. The van der Waals surface area contributed by atoms with Gasteiger partial charge >= 0.3 is 5.97 Å². The van der Waals surface area contributed by atoms with E-state index in [9.17, 15) is 4.79 Å². The number of nitrogens with two attached hydrogens (primary N) is 1. The third kappa shape index (κ3) is 3.95. The Hall–Kier alpha value is -1.59. The van der Waals surface area contributed by atoms with Crippen LogP contribution < -0.4 is 5.73 Å². The number of carboxylic acid groups (broad SMARTS) is 1. The van der Waals surface area contributed by atoms with Gasteiger partial charge < -0.3 is 10.8 Å². The molecule has 0 saturated carbocycles. The lowest BCUT2D eigenvalue weighted by molar-refractivity contribution is -0.143. The van der Waals surface area contributed by atoms with Crippen molar-refractivity contribution in [2.45, 2.75) is 19.4 Å². The number of aliphatic carboxylic acids is 1. The summed E-state index contributed by atoms with van der Waals surface area (Å²) in [6.07, 6.45) is 1.38. The maximum absolute atomic E-state index is 10.9. The summed E-state index contributed by atoms with van der Waals surface area (Å²) < 4.78 is 0. The molecule has 0 aliphatic carbocycles. The monoisotopic (exact) mass is 297 g/mol. The first-order valence-corrected chi connectivity index (χ1v) is 6.45. The molecule has 1 aromatic carbocycles. The molecule has 4 N–H and O–H groups in total. The fourth-order valence-electron chi connectivity index (χ4n) is 2.50. The molecule has 110 valence electrons. The number of amidine groups is 1. The van der Waals surface area contributed by atoms with Crippen molar-refractivity contribution < 1.29 is 9.90 Å². The molecule has 1 saturated heterocycles. The zero-order chi connectivity index (χ0) is 13.8. The summed E-state index contributed by atoms with van der Waals surface area (Å²) in [6.45, 7) is 2.29. The van der Waals surface area contributed by atoms with Gasteiger partial charge in [-0.3, -0.25) is 15.1 Å². The predicted octanol–water partition coefficient (Wildman–Crippen LogP) is 1.69. The van der Waals surface area contributed by atoms with E-state index >= 15 is 0 Å². The van der Waals surface area contributed by atoms with E-state index < -0.39 is 5.97 Å². The van der Waals surface area contributed by atoms with Gasteiger partial charge in [-0.1, -0.05) is 24.3 Å². The molecule has 0 aromatic heterocycles. The van der Waals surface area contributed by atoms with Crippen LogP contribution in [0, 0.1) is 11.3 Å². The summed E-state index contributed by atoms with van der Waals surface area (Å²) in [7, 11) is 0. The molecule has 6 heteroatoms. The van der Waals surface area contributed by atoms with E-state index in [2.05, 4.69) is 4.90 Å². The van der Waals surface area contributed by atoms with Gasteiger partial charge in [-0.05, 0) is 31.5 Å². The Kier molecular flexibility index (Phi) is 5.98. The molecule has 0 spiro atoms. The van der Waals surface area contributed by atoms with Gasteiger partial charge in [0.25, 0.3) is 0 Å². The molecule has 5 nitrogen and oxygen atoms in total. The number of halogens is 1. The zero-order valence-corrected chi connectivity index (χ0v) is 12.0. The molecule has 1 aliphatic heterocycles. The third-order valence-corrected chi connectivity index (χ3v) is 3.64. The lowest BCUT2D eigenvalue weighted by Crippen LogP contribution is -2.36. The lowest BCUT2D eigenvalue weighted by Gasteiger charge is -2.30. The fourth-order valence-corrected chi connectivity index (χ4v) is 2.50. The normalized spacial score (nSPS) is 16.4. The van der Waals surface area contributed by atoms with Crippen molar-refractivity contribution >= 4 is 24.2 Å². The predicted molar refractivity (Wildman–Crippen MR) is 80.3 cm³/mol. The van der Waals surface area contributed by atoms with Crippen LogP contribution in [0.15, 0.2) is 24.3 Å². The number of nitrogen functional groups attached to an aromatic ring is 1. The van der Waals surface area contributed by atoms with Crippen molar-refractivity contribution in [3.63, 3.8) is 0 Å². The van der Waals surface area contributed by atoms with Crippen LogP contribution in [0.3, 0.4) is 0 Å². The van der Waals surface area contributed by atoms with Crippen molar-refractivity contribution in [1.82, 2.24) is 4.90 Å². The van der Waals surface area contributed by atoms with Crippen molar-refractivity contribution in [2.24, 2.45) is 11.7 Å². The summed E-state index contributed by atoms with van der Waals surface area (Å²) in [5.74, 6) is -0.820. The number of nitrogens with one attached hydrogen (secondary N) is 1. The van der Waals surface area contributed by atoms with Crippen LogP contribution in [0.5, 0.6) is 0 Å². The topological polar surface area (TPSA) is 90.4 Å². The molecule has 0 atom stereocenters. The number of likely N-dealkylation sites (tertiary alicyclic amines) is 1. The summed E-state index contributed by atoms with van der Waals surface area (Å²) in [4.78, 5) is 13.1. The molecular weight excluding hydrogens is 278 g/mol. The molecule has 1 aliphatic rings. The number of hydrogen-bond donors (Lipinski definition) is 3. The van der Waals surface area contributed by atoms with Gasteiger partial charge in [0.05, 0.1) is 5.92 Å². The summed E-state index contributed by atoms with van der Waals surface area (Å²) in [5, 5.41) is 16.5. The molecule has 2 rings (SSSR count). The molecule has 1 aromatic rings. The number of rotatable bonds is 4. The van der Waals surface area contributed by atoms with E-state index in [4.69, 9.17) is 16.2 Å². The van der Waals surface area contributed by atoms with E-state index in [1.165, 1.54) is 0 Å². The van der Waals surface area contributed by atoms with Gasteiger partial charge in [-0.2, -0.15) is 0 Å². The minimum absolute atomic E-state index is 0. The second-order valence-electron chi connectivity index (χ2n) is 4.96. The van der Waals surface area contributed by atoms with Crippen molar-refractivity contribution in [3.8, 4) is 0 Å². The summed E-state index contributed by atoms with van der Waals surface area (Å²) in [5.41, 5.74) is 7.37. The van der Waals surface area contributed by atoms with Crippen LogP contribution in [0.1, 0.15) is 24.0 Å². The molecule has 20 heavy (non-hydrogen) atoms. The minimum atomic E-state index is -0.691. The number of benzene rings is 1. The maximum atomic E-state index is 10.9. The van der Waals surface area contributed by atoms with Crippen molar-refractivity contribution in [1.29, 1.82) is 5.41 Å². The van der Waals surface area contributed by atoms with Gasteiger partial charge in [0.2, 0.25) is 0 Å². The van der Waals surface area contributed by atoms with Gasteiger partial charge in [0.15, 0.2) is 0 Å². The number of carbonyl (C=O) groups is 1. The SMILES string of the molecule is Cl.N=C(N)c1ccccc1CN1CCC(C(=O)O)CC1. The van der Waals surface area contributed by atoms with Gasteiger partial charge in [0, 0.05) is 12.1 Å². The van der Waals surface area contributed by atoms with E-state index in [1.807, 2.05) is 24.3 Å². The molecular formula is C14H20ClN3O2. The van der Waals surface area contributed by atoms with Crippen LogP contribution in [0.4, 0.5) is 0 Å². The Labute approximate surface area is 124 Å². The van der Waals surface area contributed by atoms with E-state index in [-0.39, 0.29) is 24.2 Å². The van der Waals surface area contributed by atoms with Crippen LogP contribution in [0.2, 0.25) is 0 Å². The van der Waals surface area contributed by atoms with Gasteiger partial charge in [-0.25, -0.2) is 0 Å². The smallest absolute Gasteiger partial charge is 0.306 e. The van der Waals surface area contributed by atoms with Crippen LogP contribution >= 0.6 is 12.4 Å². The molecule has 0 radical (unpaired) electrons. The standard InChI is InChI=1S/C14H19N3O2.ClH/c15-13(16)12-4-2-1-3-11(12)9-17-7-5-10(6-8-17)14(18)19;/h1-4,10H,5-9H2,(H3,15,16)(H,18,19);1H. The van der Waals surface area contributed by atoms with Crippen molar-refractivity contribution in [2.75, 3.05) is 13.1 Å². The second kappa shape index (κ2) is 7.26. The van der Waals surface area contributed by atoms with E-state index in [0.717, 1.165) is 30.8 Å². The quantitative estimate of drug-likeness (QED) is 0.583. The number of carboxylic acids is 1. The highest BCUT2D eigenvalue weighted by Crippen LogP contribution is 2.20. The largest absolute Gasteiger partial charge is 0.481 e. The Balaban J connectivity index is 0.00000200. The highest BCUT2D eigenvalue weighted by atomic mass is 35.5. The zero-order valence-electron chi connectivity index (χ0n) is 11.2. The van der Waals surface area contributed by atoms with Crippen LogP contribution in [0.25, 0.3) is 0 Å². The van der Waals surface area contributed by atoms with Crippen LogP contribution in [-0.4, -0.2) is 34.9 Å². The lowest BCUT2D eigenvalue weighted by atomic mass is 9.96. The molecule has 0 unspecified atom stereocenters. The van der Waals surface area contributed by atoms with Crippen LogP contribution in [-0.2, 0) is 11.3 Å². The molecule has 1 heterocycles. The van der Waals surface area contributed by atoms with Gasteiger partial charge in [-0.15, -0.1) is 12.4 Å². The first-order chi connectivity index (χ1) is 9.08. The van der Waals surface area contributed by atoms with Crippen molar-refractivity contribution in [3.05, 3.63) is 35.4 Å². The van der Waals surface area contributed by atoms with E-state index in [0.29, 0.717) is 12.8 Å². The van der Waals surface area contributed by atoms with Gasteiger partial charge in [0.1, 0.15) is 5.84 Å². The molecule has 1 fully saturated rings. The fraction of sp³-hybridized carbons (Fsp3) is 0.429. The molecule has 0 bridgehead atoms. The highest BCUT2D eigenvalue weighted by Gasteiger charge is 2.24. The Morgan fingerprint density at radius 1 is 1.35 bits per heavy atom. The average Bonchev–Trinajstić information content (AvgIpc) is 2.39. The Morgan fingerprint density at radius 2 is 1.95 bits per heavy atom.